The summed E-state index contributed by atoms with van der Waals surface area (Å²) >= 11 is 0. The Morgan fingerprint density at radius 2 is 1.83 bits per heavy atom. The Kier molecular flexibility index (Phi) is 6.40. The first-order valence-corrected chi connectivity index (χ1v) is 8.98. The summed E-state index contributed by atoms with van der Waals surface area (Å²) in [5.74, 6) is -0.969. The molecular weight excluding hydrogens is 389 g/mol. The fourth-order valence-electron chi connectivity index (χ4n) is 2.75. The van der Waals surface area contributed by atoms with Gasteiger partial charge in [0.2, 0.25) is 5.91 Å². The Morgan fingerprint density at radius 1 is 1.17 bits per heavy atom. The van der Waals surface area contributed by atoms with Gasteiger partial charge in [0.05, 0.1) is 12.0 Å². The van der Waals surface area contributed by atoms with Crippen LogP contribution in [0.5, 0.6) is 0 Å². The number of alkyl halides is 3. The van der Waals surface area contributed by atoms with Gasteiger partial charge in [-0.15, -0.1) is 0 Å². The maximum absolute atomic E-state index is 12.8. The molecule has 0 saturated carbocycles. The van der Waals surface area contributed by atoms with Gasteiger partial charge in [-0.3, -0.25) is 14.4 Å². The van der Waals surface area contributed by atoms with Gasteiger partial charge in [-0.2, -0.15) is 13.2 Å². The highest BCUT2D eigenvalue weighted by atomic mass is 19.4. The molecule has 0 aliphatic rings. The van der Waals surface area contributed by atoms with Gasteiger partial charge in [0.25, 0.3) is 5.56 Å². The van der Waals surface area contributed by atoms with Crippen LogP contribution in [0, 0.1) is 0 Å². The van der Waals surface area contributed by atoms with E-state index in [9.17, 15) is 27.6 Å². The third-order valence-electron chi connectivity index (χ3n) is 3.92. The van der Waals surface area contributed by atoms with Crippen LogP contribution in [-0.2, 0) is 27.0 Å². The van der Waals surface area contributed by atoms with Crippen LogP contribution < -0.4 is 10.9 Å². The fourth-order valence-corrected chi connectivity index (χ4v) is 2.75. The molecule has 1 heterocycles. The number of fused-ring (bicyclic) bond motifs is 1. The van der Waals surface area contributed by atoms with E-state index in [2.05, 4.69) is 5.32 Å². The van der Waals surface area contributed by atoms with Crippen LogP contribution in [0.3, 0.4) is 0 Å². The molecule has 158 valence electrons. The minimum absolute atomic E-state index is 0.0319. The van der Waals surface area contributed by atoms with Gasteiger partial charge < -0.3 is 14.6 Å². The van der Waals surface area contributed by atoms with Crippen molar-refractivity contribution in [3.05, 3.63) is 46.4 Å². The van der Waals surface area contributed by atoms with Gasteiger partial charge in [-0.25, -0.2) is 0 Å². The van der Waals surface area contributed by atoms with Crippen LogP contribution >= 0.6 is 0 Å². The van der Waals surface area contributed by atoms with Crippen molar-refractivity contribution in [3.63, 3.8) is 0 Å². The van der Waals surface area contributed by atoms with E-state index in [0.29, 0.717) is 0 Å². The number of hydrogen-bond donors (Lipinski definition) is 1. The molecule has 1 atom stereocenters. The second-order valence-electron chi connectivity index (χ2n) is 7.81. The molecule has 1 aromatic heterocycles. The smallest absolute Gasteiger partial charge is 0.416 e. The number of esters is 1. The predicted octanol–water partition coefficient (Wildman–Crippen LogP) is 3.26. The van der Waals surface area contributed by atoms with Crippen LogP contribution in [0.15, 0.2) is 35.3 Å². The standard InChI is InChI=1S/C20H23F3N2O4/c1-12(9-17(27)29-19(2,3)4)24-16(26)11-25-8-7-13-10-14(20(21,22)23)5-6-15(13)18(25)28/h5-8,10,12H,9,11H2,1-4H3,(H,24,26). The van der Waals surface area contributed by atoms with E-state index in [1.54, 1.807) is 27.7 Å². The number of pyridine rings is 1. The zero-order chi connectivity index (χ0) is 22.0. The maximum atomic E-state index is 12.8. The number of hydrogen-bond acceptors (Lipinski definition) is 4. The Labute approximate surface area is 165 Å². The lowest BCUT2D eigenvalue weighted by molar-refractivity contribution is -0.155. The first-order valence-electron chi connectivity index (χ1n) is 8.98. The maximum Gasteiger partial charge on any atom is 0.416 e. The van der Waals surface area contributed by atoms with Crippen molar-refractivity contribution in [1.29, 1.82) is 0 Å². The second kappa shape index (κ2) is 8.26. The van der Waals surface area contributed by atoms with Crippen molar-refractivity contribution in [2.45, 2.75) is 58.5 Å². The molecule has 0 aliphatic heterocycles. The summed E-state index contributed by atoms with van der Waals surface area (Å²) in [6.07, 6.45) is -3.27. The molecule has 2 rings (SSSR count). The quantitative estimate of drug-likeness (QED) is 0.765. The molecule has 1 aromatic carbocycles. The lowest BCUT2D eigenvalue weighted by Gasteiger charge is -2.21. The van der Waals surface area contributed by atoms with Gasteiger partial charge in [-0.05, 0) is 57.3 Å². The van der Waals surface area contributed by atoms with Gasteiger partial charge in [0, 0.05) is 17.6 Å². The molecule has 0 radical (unpaired) electrons. The molecule has 0 fully saturated rings. The number of amides is 1. The van der Waals surface area contributed by atoms with Crippen molar-refractivity contribution < 1.29 is 27.5 Å². The Bertz CT molecular complexity index is 974. The zero-order valence-electron chi connectivity index (χ0n) is 16.6. The van der Waals surface area contributed by atoms with Crippen LogP contribution in [0.4, 0.5) is 13.2 Å². The van der Waals surface area contributed by atoms with E-state index >= 15 is 0 Å². The third kappa shape index (κ3) is 6.33. The normalized spacial score (nSPS) is 13.2. The largest absolute Gasteiger partial charge is 0.460 e. The van der Waals surface area contributed by atoms with Gasteiger partial charge >= 0.3 is 12.1 Å². The van der Waals surface area contributed by atoms with Crippen LogP contribution in [-0.4, -0.2) is 28.1 Å². The molecule has 0 saturated heterocycles. The minimum atomic E-state index is -4.51. The third-order valence-corrected chi connectivity index (χ3v) is 3.92. The minimum Gasteiger partial charge on any atom is -0.460 e. The topological polar surface area (TPSA) is 77.4 Å². The molecule has 2 aromatic rings. The molecule has 1 unspecified atom stereocenters. The van der Waals surface area contributed by atoms with E-state index in [0.717, 1.165) is 22.8 Å². The van der Waals surface area contributed by atoms with Crippen LogP contribution in [0.1, 0.15) is 39.7 Å². The lowest BCUT2D eigenvalue weighted by Crippen LogP contribution is -2.39. The first-order chi connectivity index (χ1) is 13.3. The summed E-state index contributed by atoms with van der Waals surface area (Å²) in [7, 11) is 0. The van der Waals surface area contributed by atoms with Gasteiger partial charge in [0.1, 0.15) is 12.1 Å². The van der Waals surface area contributed by atoms with Gasteiger partial charge in [0.15, 0.2) is 0 Å². The van der Waals surface area contributed by atoms with Gasteiger partial charge in [-0.1, -0.05) is 0 Å². The SMILES string of the molecule is CC(CC(=O)OC(C)(C)C)NC(=O)Cn1ccc2cc(C(F)(F)F)ccc2c1=O. The van der Waals surface area contributed by atoms with E-state index in [1.807, 2.05) is 0 Å². The number of rotatable bonds is 5. The fraction of sp³-hybridized carbons (Fsp3) is 0.450. The van der Waals surface area contributed by atoms with Crippen LogP contribution in [0.2, 0.25) is 0 Å². The zero-order valence-corrected chi connectivity index (χ0v) is 16.6. The van der Waals surface area contributed by atoms with E-state index in [1.165, 1.54) is 12.3 Å². The monoisotopic (exact) mass is 412 g/mol. The number of nitrogens with one attached hydrogen (secondary N) is 1. The number of carbonyl (C=O) groups is 2. The highest BCUT2D eigenvalue weighted by Crippen LogP contribution is 2.30. The van der Waals surface area contributed by atoms with E-state index in [4.69, 9.17) is 4.74 Å². The van der Waals surface area contributed by atoms with E-state index in [-0.39, 0.29) is 23.7 Å². The molecule has 1 amide bonds. The molecule has 29 heavy (non-hydrogen) atoms. The molecular formula is C20H23F3N2O4. The summed E-state index contributed by atoms with van der Waals surface area (Å²) in [5, 5.41) is 2.82. The van der Waals surface area contributed by atoms with Crippen molar-refractivity contribution in [2.75, 3.05) is 0 Å². The molecule has 9 heteroatoms. The number of carbonyl (C=O) groups excluding carboxylic acids is 2. The highest BCUT2D eigenvalue weighted by Gasteiger charge is 2.30. The predicted molar refractivity (Wildman–Crippen MR) is 101 cm³/mol. The number of benzene rings is 1. The number of ether oxygens (including phenoxy) is 1. The van der Waals surface area contributed by atoms with Crippen molar-refractivity contribution >= 4 is 22.6 Å². The Hall–Kier alpha value is -2.84. The average Bonchev–Trinajstić information content (AvgIpc) is 2.54. The van der Waals surface area contributed by atoms with Crippen molar-refractivity contribution in [2.24, 2.45) is 0 Å². The molecule has 0 bridgehead atoms. The summed E-state index contributed by atoms with van der Waals surface area (Å²) in [6, 6.07) is 3.66. The number of halogens is 3. The summed E-state index contributed by atoms with van der Waals surface area (Å²) in [5.41, 5.74) is -2.06. The molecule has 1 N–H and O–H groups in total. The lowest BCUT2D eigenvalue weighted by atomic mass is 10.1. The van der Waals surface area contributed by atoms with E-state index < -0.39 is 40.8 Å². The van der Waals surface area contributed by atoms with Crippen LogP contribution in [0.25, 0.3) is 10.8 Å². The highest BCUT2D eigenvalue weighted by molar-refractivity contribution is 5.83. The summed E-state index contributed by atoms with van der Waals surface area (Å²) in [6.45, 7) is 6.51. The second-order valence-corrected chi connectivity index (χ2v) is 7.81. The average molecular weight is 412 g/mol. The molecule has 6 nitrogen and oxygen atoms in total. The molecule has 0 aliphatic carbocycles. The first kappa shape index (κ1) is 22.4. The van der Waals surface area contributed by atoms with Crippen molar-refractivity contribution in [3.8, 4) is 0 Å². The van der Waals surface area contributed by atoms with Crippen molar-refractivity contribution in [1.82, 2.24) is 9.88 Å². The summed E-state index contributed by atoms with van der Waals surface area (Å²) < 4.78 is 44.7. The Balaban J connectivity index is 2.07. The number of aromatic nitrogens is 1. The summed E-state index contributed by atoms with van der Waals surface area (Å²) in [4.78, 5) is 36.5. The number of nitrogens with zero attached hydrogens (tertiary/aromatic N) is 1. The Morgan fingerprint density at radius 3 is 2.41 bits per heavy atom. The molecule has 0 spiro atoms.